The average Bonchev–Trinajstić information content (AvgIpc) is 3.47. The zero-order valence-corrected chi connectivity index (χ0v) is 19.1. The molecule has 168 valence electrons. The Balaban J connectivity index is 1.68. The second-order valence-electron chi connectivity index (χ2n) is 7.32. The zero-order valence-electron chi connectivity index (χ0n) is 18.3. The molecule has 0 saturated heterocycles. The summed E-state index contributed by atoms with van der Waals surface area (Å²) in [4.78, 5) is 26.4. The third kappa shape index (κ3) is 3.99. The lowest BCUT2D eigenvalue weighted by molar-refractivity contribution is -0.134. The fraction of sp³-hybridized carbons (Fsp3) is 0.0769. The molecular weight excluding hydrogens is 448 g/mol. The maximum absolute atomic E-state index is 13.8. The molecule has 0 N–H and O–H groups in total. The summed E-state index contributed by atoms with van der Waals surface area (Å²) in [6, 6.07) is 28.1. The van der Waals surface area contributed by atoms with Gasteiger partial charge >= 0.3 is 5.97 Å². The molecule has 0 bridgehead atoms. The topological polar surface area (TPSA) is 74.6 Å². The molecule has 0 atom stereocenters. The Morgan fingerprint density at radius 2 is 1.38 bits per heavy atom. The molecule has 0 radical (unpaired) electrons. The molecule has 5 rings (SSSR count). The van der Waals surface area contributed by atoms with Gasteiger partial charge in [-0.3, -0.25) is 4.79 Å². The number of ether oxygens (including phenoxy) is 1. The molecule has 0 aromatic heterocycles. The standard InChI is InChI=1S/C26H20N4O3S/c1-2-33-26(32)23-28-30(20-16-10-5-11-17-20)25(34-23)21-22(18-12-6-3-7-13-18)27-29(24(21)31)19-14-8-4-9-15-19/h3-17H,2H2,1H3/b25-21-. The highest BCUT2D eigenvalue weighted by atomic mass is 32.2. The molecule has 2 aliphatic heterocycles. The molecule has 1 amide bonds. The van der Waals surface area contributed by atoms with Crippen molar-refractivity contribution in [3.05, 3.63) is 107 Å². The van der Waals surface area contributed by atoms with Crippen molar-refractivity contribution in [2.75, 3.05) is 16.6 Å². The highest BCUT2D eigenvalue weighted by molar-refractivity contribution is 8.19. The van der Waals surface area contributed by atoms with Crippen LogP contribution in [-0.2, 0) is 14.3 Å². The highest BCUT2D eigenvalue weighted by Gasteiger charge is 2.40. The lowest BCUT2D eigenvalue weighted by Crippen LogP contribution is -2.24. The van der Waals surface area contributed by atoms with Crippen molar-refractivity contribution in [3.8, 4) is 0 Å². The number of amides is 1. The van der Waals surface area contributed by atoms with Gasteiger partial charge in [-0.05, 0) is 43.0 Å². The fourth-order valence-corrected chi connectivity index (χ4v) is 4.57. The average molecular weight is 469 g/mol. The monoisotopic (exact) mass is 468 g/mol. The number of hydrazone groups is 2. The Morgan fingerprint density at radius 1 is 0.824 bits per heavy atom. The molecule has 0 unspecified atom stereocenters. The van der Waals surface area contributed by atoms with Crippen LogP contribution in [-0.4, -0.2) is 29.2 Å². The van der Waals surface area contributed by atoms with Crippen molar-refractivity contribution in [1.82, 2.24) is 0 Å². The van der Waals surface area contributed by atoms with Crippen LogP contribution in [0.1, 0.15) is 12.5 Å². The molecule has 0 aliphatic carbocycles. The number of hydrogen-bond donors (Lipinski definition) is 0. The first kappa shape index (κ1) is 21.7. The smallest absolute Gasteiger partial charge is 0.365 e. The quantitative estimate of drug-likeness (QED) is 0.398. The maximum Gasteiger partial charge on any atom is 0.365 e. The lowest BCUT2D eigenvalue weighted by atomic mass is 10.0. The van der Waals surface area contributed by atoms with Crippen molar-refractivity contribution in [2.24, 2.45) is 10.2 Å². The van der Waals surface area contributed by atoms with Gasteiger partial charge in [-0.25, -0.2) is 9.80 Å². The first-order valence-corrected chi connectivity index (χ1v) is 11.6. The van der Waals surface area contributed by atoms with Gasteiger partial charge in [0, 0.05) is 5.56 Å². The van der Waals surface area contributed by atoms with E-state index in [0.717, 1.165) is 23.0 Å². The summed E-state index contributed by atoms with van der Waals surface area (Å²) >= 11 is 1.11. The fourth-order valence-electron chi connectivity index (χ4n) is 3.61. The predicted molar refractivity (Wildman–Crippen MR) is 135 cm³/mol. The van der Waals surface area contributed by atoms with Crippen LogP contribution in [0, 0.1) is 0 Å². The number of nitrogens with zero attached hydrogens (tertiary/aromatic N) is 4. The van der Waals surface area contributed by atoms with E-state index in [-0.39, 0.29) is 17.6 Å². The third-order valence-corrected chi connectivity index (χ3v) is 6.14. The minimum absolute atomic E-state index is 0.159. The first-order chi connectivity index (χ1) is 16.7. The molecule has 3 aromatic rings. The molecule has 2 heterocycles. The predicted octanol–water partition coefficient (Wildman–Crippen LogP) is 4.78. The molecule has 0 spiro atoms. The third-order valence-electron chi connectivity index (χ3n) is 5.13. The Bertz CT molecular complexity index is 1320. The SMILES string of the molecule is CCOC(=O)C1=NN(c2ccccc2)/C(=C2/C(=O)N(c3ccccc3)N=C2c2ccccc2)S1. The van der Waals surface area contributed by atoms with Gasteiger partial charge in [0.1, 0.15) is 16.3 Å². The first-order valence-electron chi connectivity index (χ1n) is 10.7. The van der Waals surface area contributed by atoms with E-state index in [1.54, 1.807) is 11.9 Å². The van der Waals surface area contributed by atoms with Gasteiger partial charge in [-0.2, -0.15) is 15.2 Å². The summed E-state index contributed by atoms with van der Waals surface area (Å²) in [6.45, 7) is 1.97. The second kappa shape index (κ2) is 9.36. The van der Waals surface area contributed by atoms with Crippen LogP contribution < -0.4 is 10.0 Å². The molecule has 3 aromatic carbocycles. The van der Waals surface area contributed by atoms with Gasteiger partial charge in [-0.1, -0.05) is 66.7 Å². The van der Waals surface area contributed by atoms with E-state index in [1.807, 2.05) is 91.0 Å². The van der Waals surface area contributed by atoms with Crippen LogP contribution in [0.3, 0.4) is 0 Å². The molecule has 0 saturated carbocycles. The van der Waals surface area contributed by atoms with E-state index >= 15 is 0 Å². The summed E-state index contributed by atoms with van der Waals surface area (Å²) in [5.74, 6) is -0.832. The van der Waals surface area contributed by atoms with Gasteiger partial charge in [0.05, 0.1) is 18.0 Å². The maximum atomic E-state index is 13.8. The number of hydrogen-bond acceptors (Lipinski definition) is 7. The van der Waals surface area contributed by atoms with Crippen molar-refractivity contribution >= 4 is 45.8 Å². The summed E-state index contributed by atoms with van der Waals surface area (Å²) in [5, 5.41) is 12.9. The van der Waals surface area contributed by atoms with Crippen LogP contribution in [0.2, 0.25) is 0 Å². The van der Waals surface area contributed by atoms with E-state index in [9.17, 15) is 9.59 Å². The van der Waals surface area contributed by atoms with Gasteiger partial charge < -0.3 is 4.74 Å². The van der Waals surface area contributed by atoms with Crippen molar-refractivity contribution in [2.45, 2.75) is 6.92 Å². The Morgan fingerprint density at radius 3 is 1.97 bits per heavy atom. The Kier molecular flexibility index (Phi) is 5.97. The van der Waals surface area contributed by atoms with E-state index in [1.165, 1.54) is 5.01 Å². The molecular formula is C26H20N4O3S. The Hall–Kier alpha value is -4.17. The number of carbonyl (C=O) groups excluding carboxylic acids is 2. The van der Waals surface area contributed by atoms with E-state index in [4.69, 9.17) is 9.84 Å². The van der Waals surface area contributed by atoms with Crippen LogP contribution >= 0.6 is 11.8 Å². The van der Waals surface area contributed by atoms with E-state index in [0.29, 0.717) is 22.0 Å². The number of anilines is 2. The summed E-state index contributed by atoms with van der Waals surface area (Å²) < 4.78 is 5.18. The van der Waals surface area contributed by atoms with E-state index < -0.39 is 5.97 Å². The zero-order chi connectivity index (χ0) is 23.5. The largest absolute Gasteiger partial charge is 0.461 e. The van der Waals surface area contributed by atoms with Crippen LogP contribution in [0.15, 0.2) is 112 Å². The molecule has 0 fully saturated rings. The Labute approximate surface area is 201 Å². The van der Waals surface area contributed by atoms with Crippen molar-refractivity contribution < 1.29 is 14.3 Å². The number of benzene rings is 3. The van der Waals surface area contributed by atoms with Crippen molar-refractivity contribution in [3.63, 3.8) is 0 Å². The highest BCUT2D eigenvalue weighted by Crippen LogP contribution is 2.40. The van der Waals surface area contributed by atoms with Gasteiger partial charge in [0.25, 0.3) is 5.91 Å². The van der Waals surface area contributed by atoms with Gasteiger partial charge in [0.2, 0.25) is 5.04 Å². The molecule has 7 nitrogen and oxygen atoms in total. The normalized spacial score (nSPS) is 17.6. The van der Waals surface area contributed by atoms with Gasteiger partial charge in [-0.15, -0.1) is 0 Å². The second-order valence-corrected chi connectivity index (χ2v) is 8.30. The molecule has 34 heavy (non-hydrogen) atoms. The molecule has 8 heteroatoms. The minimum atomic E-state index is -0.535. The lowest BCUT2D eigenvalue weighted by Gasteiger charge is -2.18. The summed E-state index contributed by atoms with van der Waals surface area (Å²) in [5.41, 5.74) is 3.03. The van der Waals surface area contributed by atoms with Crippen LogP contribution in [0.25, 0.3) is 0 Å². The number of rotatable bonds is 5. The van der Waals surface area contributed by atoms with Crippen LogP contribution in [0.4, 0.5) is 11.4 Å². The number of para-hydroxylation sites is 2. The summed E-state index contributed by atoms with van der Waals surface area (Å²) in [6.07, 6.45) is 0. The number of carbonyl (C=O) groups is 2. The van der Waals surface area contributed by atoms with Gasteiger partial charge in [0.15, 0.2) is 0 Å². The van der Waals surface area contributed by atoms with Crippen LogP contribution in [0.5, 0.6) is 0 Å². The summed E-state index contributed by atoms with van der Waals surface area (Å²) in [7, 11) is 0. The molecule has 2 aliphatic rings. The minimum Gasteiger partial charge on any atom is -0.461 e. The number of thioether (sulfide) groups is 1. The van der Waals surface area contributed by atoms with Crippen molar-refractivity contribution in [1.29, 1.82) is 0 Å². The van der Waals surface area contributed by atoms with E-state index in [2.05, 4.69) is 5.10 Å². The number of esters is 1.